The Hall–Kier alpha value is -4.23. The van der Waals surface area contributed by atoms with E-state index in [1.807, 2.05) is 18.2 Å². The van der Waals surface area contributed by atoms with Crippen molar-refractivity contribution in [1.82, 2.24) is 34.8 Å². The van der Waals surface area contributed by atoms with E-state index in [1.165, 1.54) is 24.7 Å². The van der Waals surface area contributed by atoms with E-state index in [4.69, 9.17) is 10.5 Å². The number of ether oxygens (including phenoxy) is 1. The molecule has 2 aromatic carbocycles. The highest BCUT2D eigenvalue weighted by Crippen LogP contribution is 2.27. The number of nitrogens with two attached hydrogens (primary N) is 1. The molecule has 1 amide bonds. The van der Waals surface area contributed by atoms with Crippen LogP contribution in [0.2, 0.25) is 0 Å². The standard InChI is InChI=1S/C26H29F2N9O2/c1-35-9-11-36(12-10-35)8-3-13-39-17-6-7-18-21(14-17)30-16-31-26(18)32-22-15-37(34-33-22)24(25(29)38)19-4-2-5-20(27)23(19)28/h2,4-7,14-16,24H,3,8-13H2,1H3,(H2,29,38)(H,30,31,32). The molecular weight excluding hydrogens is 508 g/mol. The molecule has 1 aliphatic heterocycles. The SMILES string of the molecule is CN1CCN(CCCOc2ccc3c(Nc4cn(C(C(N)=O)c5cccc(F)c5F)nn4)ncnc3c2)CC1. The van der Waals surface area contributed by atoms with Crippen molar-refractivity contribution >= 4 is 28.4 Å². The molecule has 0 spiro atoms. The summed E-state index contributed by atoms with van der Waals surface area (Å²) in [4.78, 5) is 25.5. The first-order valence-corrected chi connectivity index (χ1v) is 12.6. The Kier molecular flexibility index (Phi) is 7.89. The first-order valence-electron chi connectivity index (χ1n) is 12.6. The van der Waals surface area contributed by atoms with Gasteiger partial charge in [0.1, 0.15) is 17.9 Å². The van der Waals surface area contributed by atoms with Crippen LogP contribution >= 0.6 is 0 Å². The van der Waals surface area contributed by atoms with Crippen molar-refractivity contribution in [1.29, 1.82) is 0 Å². The molecule has 13 heteroatoms. The third kappa shape index (κ3) is 6.10. The Morgan fingerprint density at radius 3 is 2.77 bits per heavy atom. The summed E-state index contributed by atoms with van der Waals surface area (Å²) in [7, 11) is 2.14. The second-order valence-electron chi connectivity index (χ2n) is 9.40. The molecule has 2 aromatic heterocycles. The van der Waals surface area contributed by atoms with Gasteiger partial charge in [-0.05, 0) is 31.7 Å². The normalized spacial score (nSPS) is 15.4. The summed E-state index contributed by atoms with van der Waals surface area (Å²) in [6.07, 6.45) is 3.70. The molecule has 204 valence electrons. The lowest BCUT2D eigenvalue weighted by Crippen LogP contribution is -2.44. The number of likely N-dealkylation sites (N-methyl/N-ethyl adjacent to an activating group) is 1. The molecule has 11 nitrogen and oxygen atoms in total. The van der Waals surface area contributed by atoms with Crippen molar-refractivity contribution in [2.24, 2.45) is 5.73 Å². The lowest BCUT2D eigenvalue weighted by molar-refractivity contribution is -0.120. The highest BCUT2D eigenvalue weighted by Gasteiger charge is 2.26. The van der Waals surface area contributed by atoms with Gasteiger partial charge < -0.3 is 25.6 Å². The third-order valence-electron chi connectivity index (χ3n) is 6.66. The van der Waals surface area contributed by atoms with Crippen molar-refractivity contribution in [3.8, 4) is 5.75 Å². The number of carbonyl (C=O) groups excluding carboxylic acids is 1. The van der Waals surface area contributed by atoms with Crippen LogP contribution in [0.4, 0.5) is 20.4 Å². The molecule has 1 saturated heterocycles. The minimum absolute atomic E-state index is 0.224. The van der Waals surface area contributed by atoms with Crippen LogP contribution < -0.4 is 15.8 Å². The molecule has 1 fully saturated rings. The Morgan fingerprint density at radius 1 is 1.15 bits per heavy atom. The molecule has 39 heavy (non-hydrogen) atoms. The van der Waals surface area contributed by atoms with Gasteiger partial charge in [0.05, 0.1) is 18.3 Å². The summed E-state index contributed by atoms with van der Waals surface area (Å²) in [6, 6.07) is 7.65. The minimum Gasteiger partial charge on any atom is -0.493 e. The van der Waals surface area contributed by atoms with Gasteiger partial charge in [-0.15, -0.1) is 5.10 Å². The maximum absolute atomic E-state index is 14.4. The summed E-state index contributed by atoms with van der Waals surface area (Å²) in [6.45, 7) is 5.95. The molecular formula is C26H29F2N9O2. The molecule has 4 aromatic rings. The van der Waals surface area contributed by atoms with Crippen LogP contribution in [0.1, 0.15) is 18.0 Å². The van der Waals surface area contributed by atoms with E-state index >= 15 is 0 Å². The average Bonchev–Trinajstić information content (AvgIpc) is 3.38. The average molecular weight is 538 g/mol. The molecule has 0 radical (unpaired) electrons. The summed E-state index contributed by atoms with van der Waals surface area (Å²) < 4.78 is 35.1. The number of halogens is 2. The molecule has 0 bridgehead atoms. The van der Waals surface area contributed by atoms with Crippen LogP contribution in [0.15, 0.2) is 48.9 Å². The number of fused-ring (bicyclic) bond motifs is 1. The van der Waals surface area contributed by atoms with Crippen molar-refractivity contribution in [3.63, 3.8) is 0 Å². The molecule has 1 aliphatic rings. The van der Waals surface area contributed by atoms with E-state index in [2.05, 4.69) is 42.4 Å². The fraction of sp³-hybridized carbons (Fsp3) is 0.346. The number of nitrogens with one attached hydrogen (secondary N) is 1. The fourth-order valence-corrected chi connectivity index (χ4v) is 4.52. The van der Waals surface area contributed by atoms with Gasteiger partial charge in [-0.1, -0.05) is 17.3 Å². The topological polar surface area (TPSA) is 127 Å². The number of rotatable bonds is 10. The highest BCUT2D eigenvalue weighted by atomic mass is 19.2. The fourth-order valence-electron chi connectivity index (χ4n) is 4.52. The van der Waals surface area contributed by atoms with Crippen LogP contribution in [-0.2, 0) is 4.79 Å². The van der Waals surface area contributed by atoms with Gasteiger partial charge in [-0.2, -0.15) is 0 Å². The largest absolute Gasteiger partial charge is 0.493 e. The summed E-state index contributed by atoms with van der Waals surface area (Å²) >= 11 is 0. The van der Waals surface area contributed by atoms with Gasteiger partial charge in [0.2, 0.25) is 5.91 Å². The Bertz CT molecular complexity index is 1460. The van der Waals surface area contributed by atoms with E-state index in [0.29, 0.717) is 29.1 Å². The van der Waals surface area contributed by atoms with Crippen LogP contribution in [0.5, 0.6) is 5.75 Å². The van der Waals surface area contributed by atoms with Gasteiger partial charge in [0.25, 0.3) is 0 Å². The number of hydrogen-bond donors (Lipinski definition) is 2. The van der Waals surface area contributed by atoms with E-state index in [-0.39, 0.29) is 11.4 Å². The van der Waals surface area contributed by atoms with Crippen molar-refractivity contribution < 1.29 is 18.3 Å². The van der Waals surface area contributed by atoms with Crippen molar-refractivity contribution in [2.75, 3.05) is 51.7 Å². The molecule has 3 heterocycles. The van der Waals surface area contributed by atoms with E-state index in [0.717, 1.165) is 49.9 Å². The quantitative estimate of drug-likeness (QED) is 0.293. The first-order chi connectivity index (χ1) is 18.9. The predicted molar refractivity (Wildman–Crippen MR) is 141 cm³/mol. The van der Waals surface area contributed by atoms with E-state index in [9.17, 15) is 13.6 Å². The number of benzene rings is 2. The number of hydrogen-bond acceptors (Lipinski definition) is 9. The van der Waals surface area contributed by atoms with Crippen LogP contribution in [0.3, 0.4) is 0 Å². The van der Waals surface area contributed by atoms with Crippen molar-refractivity contribution in [2.45, 2.75) is 12.5 Å². The first kappa shape index (κ1) is 26.4. The molecule has 5 rings (SSSR count). The smallest absolute Gasteiger partial charge is 0.247 e. The Labute approximate surface area is 223 Å². The lowest BCUT2D eigenvalue weighted by atomic mass is 10.1. The molecule has 1 unspecified atom stereocenters. The lowest BCUT2D eigenvalue weighted by Gasteiger charge is -2.32. The Morgan fingerprint density at radius 2 is 1.97 bits per heavy atom. The minimum atomic E-state index is -1.39. The van der Waals surface area contributed by atoms with Crippen LogP contribution in [0.25, 0.3) is 10.9 Å². The number of aromatic nitrogens is 5. The number of nitrogens with zero attached hydrogens (tertiary/aromatic N) is 7. The number of amides is 1. The summed E-state index contributed by atoms with van der Waals surface area (Å²) in [5.41, 5.74) is 5.90. The molecule has 0 aliphatic carbocycles. The van der Waals surface area contributed by atoms with Crippen LogP contribution in [-0.4, -0.2) is 87.0 Å². The number of primary amides is 1. The molecule has 3 N–H and O–H groups in total. The number of carbonyl (C=O) groups is 1. The second-order valence-corrected chi connectivity index (χ2v) is 9.40. The van der Waals surface area contributed by atoms with Gasteiger partial charge in [0, 0.05) is 49.7 Å². The van der Waals surface area contributed by atoms with Crippen molar-refractivity contribution in [3.05, 3.63) is 66.1 Å². The highest BCUT2D eigenvalue weighted by molar-refractivity contribution is 5.91. The van der Waals surface area contributed by atoms with E-state index < -0.39 is 23.6 Å². The van der Waals surface area contributed by atoms with Crippen LogP contribution in [0, 0.1) is 11.6 Å². The van der Waals surface area contributed by atoms with Gasteiger partial charge in [-0.25, -0.2) is 23.4 Å². The summed E-state index contributed by atoms with van der Waals surface area (Å²) in [5, 5.41) is 11.6. The zero-order valence-corrected chi connectivity index (χ0v) is 21.4. The van der Waals surface area contributed by atoms with E-state index in [1.54, 1.807) is 0 Å². The third-order valence-corrected chi connectivity index (χ3v) is 6.66. The second kappa shape index (κ2) is 11.7. The van der Waals surface area contributed by atoms with Gasteiger partial charge in [-0.3, -0.25) is 4.79 Å². The summed E-state index contributed by atoms with van der Waals surface area (Å²) in [5.74, 6) is -1.81. The zero-order chi connectivity index (χ0) is 27.4. The predicted octanol–water partition coefficient (Wildman–Crippen LogP) is 2.33. The number of anilines is 2. The zero-order valence-electron chi connectivity index (χ0n) is 21.4. The number of piperazine rings is 1. The molecule has 1 atom stereocenters. The van der Waals surface area contributed by atoms with Gasteiger partial charge in [0.15, 0.2) is 23.5 Å². The maximum Gasteiger partial charge on any atom is 0.247 e. The maximum atomic E-state index is 14.4. The van der Waals surface area contributed by atoms with Gasteiger partial charge >= 0.3 is 0 Å². The molecule has 0 saturated carbocycles. The Balaban J connectivity index is 1.25. The monoisotopic (exact) mass is 537 g/mol.